The van der Waals surface area contributed by atoms with Crippen LogP contribution in [0.4, 0.5) is 5.69 Å². The van der Waals surface area contributed by atoms with Gasteiger partial charge in [-0.3, -0.25) is 15.0 Å². The zero-order valence-electron chi connectivity index (χ0n) is 12.8. The van der Waals surface area contributed by atoms with Crippen LogP contribution >= 0.6 is 0 Å². The monoisotopic (exact) mass is 291 g/mol. The van der Waals surface area contributed by atoms with Gasteiger partial charge in [-0.15, -0.1) is 0 Å². The first-order valence-corrected chi connectivity index (χ1v) is 7.92. The molecule has 0 spiro atoms. The Bertz CT molecular complexity index is 459. The van der Waals surface area contributed by atoms with Gasteiger partial charge in [0.1, 0.15) is 0 Å². The summed E-state index contributed by atoms with van der Waals surface area (Å²) in [7, 11) is 0. The Morgan fingerprint density at radius 3 is 2.67 bits per heavy atom. The average molecular weight is 291 g/mol. The highest BCUT2D eigenvalue weighted by molar-refractivity contribution is 5.42. The van der Waals surface area contributed by atoms with Crippen molar-refractivity contribution in [3.63, 3.8) is 0 Å². The van der Waals surface area contributed by atoms with Gasteiger partial charge in [0.25, 0.3) is 5.69 Å². The second-order valence-electron chi connectivity index (χ2n) is 5.61. The van der Waals surface area contributed by atoms with E-state index in [9.17, 15) is 10.1 Å². The van der Waals surface area contributed by atoms with Gasteiger partial charge < -0.3 is 5.32 Å². The number of hydrogen-bond acceptors (Lipinski definition) is 4. The molecule has 5 nitrogen and oxygen atoms in total. The molecule has 2 rings (SSSR count). The molecule has 0 saturated carbocycles. The molecule has 1 aliphatic heterocycles. The predicted molar refractivity (Wildman–Crippen MR) is 84.4 cm³/mol. The first-order chi connectivity index (χ1) is 10.2. The Hall–Kier alpha value is -1.46. The SMILES string of the molecule is CCCCC[C@H](c1ccccc1[N+](=O)[O-])N1CCNCC1. The molecule has 116 valence electrons. The van der Waals surface area contributed by atoms with Crippen molar-refractivity contribution in [2.24, 2.45) is 0 Å². The number of nitro groups is 1. The van der Waals surface area contributed by atoms with Gasteiger partial charge in [0.05, 0.1) is 4.92 Å². The summed E-state index contributed by atoms with van der Waals surface area (Å²) in [5.41, 5.74) is 1.14. The van der Waals surface area contributed by atoms with Gasteiger partial charge in [0.15, 0.2) is 0 Å². The van der Waals surface area contributed by atoms with E-state index in [1.54, 1.807) is 12.1 Å². The number of nitrogens with zero attached hydrogens (tertiary/aromatic N) is 2. The molecule has 1 aromatic rings. The molecule has 0 aromatic heterocycles. The summed E-state index contributed by atoms with van der Waals surface area (Å²) in [6.07, 6.45) is 4.48. The van der Waals surface area contributed by atoms with Crippen LogP contribution in [0, 0.1) is 10.1 Å². The molecule has 21 heavy (non-hydrogen) atoms. The summed E-state index contributed by atoms with van der Waals surface area (Å²) in [6, 6.07) is 7.39. The van der Waals surface area contributed by atoms with Gasteiger partial charge in [0, 0.05) is 43.9 Å². The number of nitro benzene ring substituents is 1. The third kappa shape index (κ3) is 4.25. The number of piperazine rings is 1. The van der Waals surface area contributed by atoms with E-state index < -0.39 is 0 Å². The number of nitrogens with one attached hydrogen (secondary N) is 1. The van der Waals surface area contributed by atoms with Crippen molar-refractivity contribution in [2.75, 3.05) is 26.2 Å². The summed E-state index contributed by atoms with van der Waals surface area (Å²) in [5, 5.41) is 14.7. The summed E-state index contributed by atoms with van der Waals surface area (Å²) in [5.74, 6) is 0. The molecule has 0 unspecified atom stereocenters. The van der Waals surface area contributed by atoms with E-state index in [1.165, 1.54) is 12.8 Å². The number of unbranched alkanes of at least 4 members (excludes halogenated alkanes) is 2. The van der Waals surface area contributed by atoms with E-state index in [1.807, 2.05) is 12.1 Å². The van der Waals surface area contributed by atoms with Gasteiger partial charge >= 0.3 is 0 Å². The smallest absolute Gasteiger partial charge is 0.274 e. The van der Waals surface area contributed by atoms with E-state index in [-0.39, 0.29) is 16.7 Å². The first kappa shape index (κ1) is 15.9. The van der Waals surface area contributed by atoms with Crippen LogP contribution in [0.5, 0.6) is 0 Å². The molecule has 1 aromatic carbocycles. The topological polar surface area (TPSA) is 58.4 Å². The lowest BCUT2D eigenvalue weighted by Crippen LogP contribution is -2.45. The van der Waals surface area contributed by atoms with Crippen molar-refractivity contribution in [3.8, 4) is 0 Å². The van der Waals surface area contributed by atoms with E-state index in [0.29, 0.717) is 0 Å². The third-order valence-electron chi connectivity index (χ3n) is 4.17. The minimum Gasteiger partial charge on any atom is -0.314 e. The summed E-state index contributed by atoms with van der Waals surface area (Å²) in [6.45, 7) is 6.03. The first-order valence-electron chi connectivity index (χ1n) is 7.92. The highest BCUT2D eigenvalue weighted by atomic mass is 16.6. The van der Waals surface area contributed by atoms with Crippen LogP contribution in [0.1, 0.15) is 44.2 Å². The van der Waals surface area contributed by atoms with E-state index >= 15 is 0 Å². The van der Waals surface area contributed by atoms with Crippen LogP contribution in [-0.2, 0) is 0 Å². The van der Waals surface area contributed by atoms with Crippen LogP contribution in [-0.4, -0.2) is 36.0 Å². The summed E-state index contributed by atoms with van der Waals surface area (Å²) < 4.78 is 0. The van der Waals surface area contributed by atoms with Crippen molar-refractivity contribution >= 4 is 5.69 Å². The maximum Gasteiger partial charge on any atom is 0.274 e. The van der Waals surface area contributed by atoms with E-state index in [2.05, 4.69) is 17.1 Å². The standard InChI is InChI=1S/C16H25N3O2/c1-2-3-4-8-15(18-12-10-17-11-13-18)14-7-5-6-9-16(14)19(20)21/h5-7,9,15,17H,2-4,8,10-13H2,1H3/t15-/m1/s1. The van der Waals surface area contributed by atoms with Gasteiger partial charge in [-0.25, -0.2) is 0 Å². The number of rotatable bonds is 7. The highest BCUT2D eigenvalue weighted by Crippen LogP contribution is 2.33. The van der Waals surface area contributed by atoms with Crippen LogP contribution in [0.3, 0.4) is 0 Å². The van der Waals surface area contributed by atoms with Crippen LogP contribution < -0.4 is 5.32 Å². The minimum absolute atomic E-state index is 0.167. The molecule has 1 atom stereocenters. The fraction of sp³-hybridized carbons (Fsp3) is 0.625. The maximum absolute atomic E-state index is 11.3. The van der Waals surface area contributed by atoms with Gasteiger partial charge in [-0.2, -0.15) is 0 Å². The fourth-order valence-electron chi connectivity index (χ4n) is 3.05. The second kappa shape index (κ2) is 8.10. The van der Waals surface area contributed by atoms with Crippen LogP contribution in [0.25, 0.3) is 0 Å². The Morgan fingerprint density at radius 1 is 1.29 bits per heavy atom. The molecule has 0 amide bonds. The van der Waals surface area contributed by atoms with Crippen molar-refractivity contribution < 1.29 is 4.92 Å². The van der Waals surface area contributed by atoms with Gasteiger partial charge in [-0.1, -0.05) is 44.4 Å². The second-order valence-corrected chi connectivity index (χ2v) is 5.61. The molecular weight excluding hydrogens is 266 g/mol. The van der Waals surface area contributed by atoms with Crippen molar-refractivity contribution in [1.29, 1.82) is 0 Å². The Kier molecular flexibility index (Phi) is 6.14. The normalized spacial score (nSPS) is 17.6. The summed E-state index contributed by atoms with van der Waals surface area (Å²) >= 11 is 0. The molecule has 1 aliphatic rings. The highest BCUT2D eigenvalue weighted by Gasteiger charge is 2.27. The van der Waals surface area contributed by atoms with Gasteiger partial charge in [0.2, 0.25) is 0 Å². The van der Waals surface area contributed by atoms with E-state index in [0.717, 1.165) is 44.6 Å². The Morgan fingerprint density at radius 2 is 2.00 bits per heavy atom. The lowest BCUT2D eigenvalue weighted by atomic mass is 9.96. The van der Waals surface area contributed by atoms with Crippen molar-refractivity contribution in [2.45, 2.75) is 38.6 Å². The molecule has 1 fully saturated rings. The van der Waals surface area contributed by atoms with Crippen molar-refractivity contribution in [1.82, 2.24) is 10.2 Å². The largest absolute Gasteiger partial charge is 0.314 e. The molecule has 1 N–H and O–H groups in total. The van der Waals surface area contributed by atoms with Crippen LogP contribution in [0.15, 0.2) is 24.3 Å². The van der Waals surface area contributed by atoms with E-state index in [4.69, 9.17) is 0 Å². The molecule has 0 aliphatic carbocycles. The number of para-hydroxylation sites is 1. The molecule has 1 heterocycles. The number of benzene rings is 1. The Labute approximate surface area is 126 Å². The minimum atomic E-state index is -0.246. The maximum atomic E-state index is 11.3. The Balaban J connectivity index is 2.22. The third-order valence-corrected chi connectivity index (χ3v) is 4.17. The molecule has 5 heteroatoms. The molecule has 1 saturated heterocycles. The fourth-order valence-corrected chi connectivity index (χ4v) is 3.05. The predicted octanol–water partition coefficient (Wildman–Crippen LogP) is 3.12. The van der Waals surface area contributed by atoms with Crippen LogP contribution in [0.2, 0.25) is 0 Å². The van der Waals surface area contributed by atoms with Gasteiger partial charge in [-0.05, 0) is 6.42 Å². The summed E-state index contributed by atoms with van der Waals surface area (Å²) in [4.78, 5) is 13.5. The average Bonchev–Trinajstić information content (AvgIpc) is 2.52. The van der Waals surface area contributed by atoms with Crippen molar-refractivity contribution in [3.05, 3.63) is 39.9 Å². The zero-order chi connectivity index (χ0) is 15.1. The quantitative estimate of drug-likeness (QED) is 0.476. The molecule has 0 bridgehead atoms. The lowest BCUT2D eigenvalue weighted by molar-refractivity contribution is -0.386. The zero-order valence-corrected chi connectivity index (χ0v) is 12.8. The molecule has 0 radical (unpaired) electrons. The molecular formula is C16H25N3O2. The number of hydrogen-bond donors (Lipinski definition) is 1. The lowest BCUT2D eigenvalue weighted by Gasteiger charge is -2.35.